The van der Waals surface area contributed by atoms with Crippen LogP contribution in [0, 0.1) is 5.92 Å². The van der Waals surface area contributed by atoms with Gasteiger partial charge in [-0.25, -0.2) is 0 Å². The van der Waals surface area contributed by atoms with E-state index in [1.165, 1.54) is 0 Å². The second-order valence-corrected chi connectivity index (χ2v) is 4.77. The molecular weight excluding hydrogens is 266 g/mol. The second-order valence-electron chi connectivity index (χ2n) is 4.34. The number of rotatable bonds is 8. The number of ether oxygens (including phenoxy) is 1. The molecular formula is C14H20ClNO3. The highest BCUT2D eigenvalue weighted by molar-refractivity contribution is 6.30. The zero-order valence-electron chi connectivity index (χ0n) is 11.1. The molecule has 106 valence electrons. The van der Waals surface area contributed by atoms with E-state index in [0.29, 0.717) is 29.7 Å². The van der Waals surface area contributed by atoms with Crippen molar-refractivity contribution in [3.05, 3.63) is 29.3 Å². The standard InChI is InChI=1S/C14H20ClNO3/c1-2-11(6-7-17)9-16-14(18)10-19-13-5-3-4-12(15)8-13/h3-5,8,11,17H,2,6-7,9-10H2,1H3,(H,16,18). The van der Waals surface area contributed by atoms with E-state index in [-0.39, 0.29) is 19.1 Å². The summed E-state index contributed by atoms with van der Waals surface area (Å²) in [6.45, 7) is 2.72. The average Bonchev–Trinajstić information content (AvgIpc) is 2.41. The SMILES string of the molecule is CCC(CCO)CNC(=O)COc1cccc(Cl)c1. The molecule has 19 heavy (non-hydrogen) atoms. The van der Waals surface area contributed by atoms with E-state index >= 15 is 0 Å². The van der Waals surface area contributed by atoms with Gasteiger partial charge in [0.25, 0.3) is 5.91 Å². The molecule has 0 aliphatic rings. The van der Waals surface area contributed by atoms with Crippen molar-refractivity contribution in [3.8, 4) is 5.75 Å². The van der Waals surface area contributed by atoms with E-state index in [2.05, 4.69) is 5.32 Å². The van der Waals surface area contributed by atoms with E-state index in [1.807, 2.05) is 6.92 Å². The molecule has 0 aliphatic heterocycles. The van der Waals surface area contributed by atoms with Crippen LogP contribution in [-0.2, 0) is 4.79 Å². The van der Waals surface area contributed by atoms with Gasteiger partial charge in [-0.1, -0.05) is 31.0 Å². The fourth-order valence-corrected chi connectivity index (χ4v) is 1.83. The molecule has 1 aromatic rings. The minimum Gasteiger partial charge on any atom is -0.484 e. The summed E-state index contributed by atoms with van der Waals surface area (Å²) < 4.78 is 5.33. The Morgan fingerprint density at radius 1 is 1.53 bits per heavy atom. The molecule has 1 atom stereocenters. The molecule has 1 aromatic carbocycles. The maximum Gasteiger partial charge on any atom is 0.257 e. The Morgan fingerprint density at radius 3 is 2.95 bits per heavy atom. The van der Waals surface area contributed by atoms with E-state index < -0.39 is 0 Å². The molecule has 0 aliphatic carbocycles. The lowest BCUT2D eigenvalue weighted by molar-refractivity contribution is -0.123. The molecule has 0 spiro atoms. The van der Waals surface area contributed by atoms with Crippen molar-refractivity contribution in [1.82, 2.24) is 5.32 Å². The first-order valence-corrected chi connectivity index (χ1v) is 6.79. The first-order valence-electron chi connectivity index (χ1n) is 6.41. The summed E-state index contributed by atoms with van der Waals surface area (Å²) in [4.78, 5) is 11.6. The Balaban J connectivity index is 2.28. The van der Waals surface area contributed by atoms with Crippen LogP contribution in [0.4, 0.5) is 0 Å². The van der Waals surface area contributed by atoms with Gasteiger partial charge in [-0.15, -0.1) is 0 Å². The van der Waals surface area contributed by atoms with Crippen LogP contribution in [0.5, 0.6) is 5.75 Å². The number of hydrogen-bond acceptors (Lipinski definition) is 3. The van der Waals surface area contributed by atoms with Crippen LogP contribution < -0.4 is 10.1 Å². The predicted octanol–water partition coefficient (Wildman–Crippen LogP) is 2.24. The number of carbonyl (C=O) groups is 1. The third-order valence-electron chi connectivity index (χ3n) is 2.87. The smallest absolute Gasteiger partial charge is 0.257 e. The number of amides is 1. The van der Waals surface area contributed by atoms with Crippen LogP contribution in [0.1, 0.15) is 19.8 Å². The molecule has 0 bridgehead atoms. The molecule has 0 radical (unpaired) electrons. The van der Waals surface area contributed by atoms with Crippen LogP contribution >= 0.6 is 11.6 Å². The van der Waals surface area contributed by atoms with Crippen LogP contribution in [0.2, 0.25) is 5.02 Å². The normalized spacial score (nSPS) is 11.9. The molecule has 1 rings (SSSR count). The maximum atomic E-state index is 11.6. The number of aliphatic hydroxyl groups excluding tert-OH is 1. The third kappa shape index (κ3) is 6.45. The van der Waals surface area contributed by atoms with Crippen molar-refractivity contribution in [1.29, 1.82) is 0 Å². The van der Waals surface area contributed by atoms with E-state index in [0.717, 1.165) is 6.42 Å². The Hall–Kier alpha value is -1.26. The van der Waals surface area contributed by atoms with Crippen molar-refractivity contribution < 1.29 is 14.6 Å². The van der Waals surface area contributed by atoms with Crippen LogP contribution in [0.15, 0.2) is 24.3 Å². The molecule has 2 N–H and O–H groups in total. The van der Waals surface area contributed by atoms with Crippen LogP contribution in [0.3, 0.4) is 0 Å². The Bertz CT molecular complexity index is 398. The molecule has 0 aromatic heterocycles. The van der Waals surface area contributed by atoms with E-state index in [1.54, 1.807) is 24.3 Å². The second kappa shape index (κ2) is 8.77. The van der Waals surface area contributed by atoms with Crippen molar-refractivity contribution in [2.45, 2.75) is 19.8 Å². The molecule has 1 amide bonds. The Kier molecular flexibility index (Phi) is 7.30. The summed E-state index contributed by atoms with van der Waals surface area (Å²) in [6.07, 6.45) is 1.63. The van der Waals surface area contributed by atoms with Crippen molar-refractivity contribution in [2.75, 3.05) is 19.8 Å². The van der Waals surface area contributed by atoms with E-state index in [9.17, 15) is 4.79 Å². The molecule has 4 nitrogen and oxygen atoms in total. The maximum absolute atomic E-state index is 11.6. The third-order valence-corrected chi connectivity index (χ3v) is 3.10. The van der Waals surface area contributed by atoms with Gasteiger partial charge in [0.1, 0.15) is 5.75 Å². The molecule has 0 fully saturated rings. The van der Waals surface area contributed by atoms with Gasteiger partial charge in [0.15, 0.2) is 6.61 Å². The summed E-state index contributed by atoms with van der Waals surface area (Å²) in [5.74, 6) is 0.710. The highest BCUT2D eigenvalue weighted by atomic mass is 35.5. The van der Waals surface area contributed by atoms with Gasteiger partial charge >= 0.3 is 0 Å². The molecule has 1 unspecified atom stereocenters. The van der Waals surface area contributed by atoms with Crippen LogP contribution in [0.25, 0.3) is 0 Å². The summed E-state index contributed by atoms with van der Waals surface area (Å²) in [6, 6.07) is 6.92. The predicted molar refractivity (Wildman–Crippen MR) is 75.4 cm³/mol. The zero-order valence-corrected chi connectivity index (χ0v) is 11.8. The number of aliphatic hydroxyl groups is 1. The number of hydrogen-bond donors (Lipinski definition) is 2. The number of benzene rings is 1. The topological polar surface area (TPSA) is 58.6 Å². The summed E-state index contributed by atoms with van der Waals surface area (Å²) in [7, 11) is 0. The van der Waals surface area contributed by atoms with Gasteiger partial charge in [-0.2, -0.15) is 0 Å². The molecule has 0 saturated carbocycles. The lowest BCUT2D eigenvalue weighted by Crippen LogP contribution is -2.33. The van der Waals surface area contributed by atoms with Gasteiger partial charge in [0.05, 0.1) is 0 Å². The zero-order chi connectivity index (χ0) is 14.1. The first-order chi connectivity index (χ1) is 9.15. The highest BCUT2D eigenvalue weighted by Crippen LogP contribution is 2.16. The average molecular weight is 286 g/mol. The fraction of sp³-hybridized carbons (Fsp3) is 0.500. The van der Waals surface area contributed by atoms with Crippen molar-refractivity contribution in [3.63, 3.8) is 0 Å². The van der Waals surface area contributed by atoms with Crippen molar-refractivity contribution >= 4 is 17.5 Å². The number of carbonyl (C=O) groups excluding carboxylic acids is 1. The minimum absolute atomic E-state index is 0.0318. The Morgan fingerprint density at radius 2 is 2.32 bits per heavy atom. The van der Waals surface area contributed by atoms with Gasteiger partial charge in [-0.3, -0.25) is 4.79 Å². The molecule has 0 heterocycles. The summed E-state index contributed by atoms with van der Waals surface area (Å²) in [5, 5.41) is 12.2. The minimum atomic E-state index is -0.170. The van der Waals surface area contributed by atoms with Crippen LogP contribution in [-0.4, -0.2) is 30.8 Å². The van der Waals surface area contributed by atoms with Gasteiger partial charge < -0.3 is 15.2 Å². The van der Waals surface area contributed by atoms with E-state index in [4.69, 9.17) is 21.4 Å². The first kappa shape index (κ1) is 15.8. The highest BCUT2D eigenvalue weighted by Gasteiger charge is 2.08. The fourth-order valence-electron chi connectivity index (χ4n) is 1.65. The lowest BCUT2D eigenvalue weighted by atomic mass is 10.0. The monoisotopic (exact) mass is 285 g/mol. The van der Waals surface area contributed by atoms with Gasteiger partial charge in [0, 0.05) is 18.2 Å². The van der Waals surface area contributed by atoms with Gasteiger partial charge in [-0.05, 0) is 30.5 Å². The summed E-state index contributed by atoms with van der Waals surface area (Å²) >= 11 is 5.81. The Labute approximate surface area is 118 Å². The lowest BCUT2D eigenvalue weighted by Gasteiger charge is -2.14. The summed E-state index contributed by atoms with van der Waals surface area (Å²) in [5.41, 5.74) is 0. The molecule has 0 saturated heterocycles. The number of nitrogens with one attached hydrogen (secondary N) is 1. The largest absolute Gasteiger partial charge is 0.484 e. The number of halogens is 1. The van der Waals surface area contributed by atoms with Crippen molar-refractivity contribution in [2.24, 2.45) is 5.92 Å². The quantitative estimate of drug-likeness (QED) is 0.770. The van der Waals surface area contributed by atoms with Gasteiger partial charge in [0.2, 0.25) is 0 Å². The molecule has 5 heteroatoms.